The van der Waals surface area contributed by atoms with Crippen molar-refractivity contribution in [2.24, 2.45) is 0 Å². The van der Waals surface area contributed by atoms with E-state index in [4.69, 9.17) is 4.74 Å². The lowest BCUT2D eigenvalue weighted by Crippen LogP contribution is -2.14. The molecule has 0 radical (unpaired) electrons. The van der Waals surface area contributed by atoms with Gasteiger partial charge in [-0.05, 0) is 36.8 Å². The van der Waals surface area contributed by atoms with Gasteiger partial charge < -0.3 is 10.1 Å². The molecule has 21 heavy (non-hydrogen) atoms. The molecule has 2 aromatic carbocycles. The third kappa shape index (κ3) is 4.45. The van der Waals surface area contributed by atoms with Gasteiger partial charge in [0.2, 0.25) is 5.91 Å². The summed E-state index contributed by atoms with van der Waals surface area (Å²) in [6.45, 7) is 2.10. The minimum atomic E-state index is -0.361. The topological polar surface area (TPSA) is 55.4 Å². The minimum Gasteiger partial charge on any atom is -0.462 e. The van der Waals surface area contributed by atoms with Crippen molar-refractivity contribution in [3.63, 3.8) is 0 Å². The van der Waals surface area contributed by atoms with Crippen LogP contribution in [0.4, 0.5) is 5.69 Å². The van der Waals surface area contributed by atoms with E-state index < -0.39 is 0 Å². The second-order valence-electron chi connectivity index (χ2n) is 4.51. The molecule has 0 saturated heterocycles. The van der Waals surface area contributed by atoms with Gasteiger partial charge in [0.25, 0.3) is 0 Å². The highest BCUT2D eigenvalue weighted by Crippen LogP contribution is 2.11. The first-order valence-corrected chi connectivity index (χ1v) is 6.80. The quantitative estimate of drug-likeness (QED) is 0.858. The molecule has 4 nitrogen and oxygen atoms in total. The second kappa shape index (κ2) is 7.24. The highest BCUT2D eigenvalue weighted by atomic mass is 16.5. The van der Waals surface area contributed by atoms with Gasteiger partial charge >= 0.3 is 5.97 Å². The summed E-state index contributed by atoms with van der Waals surface area (Å²) in [5, 5.41) is 2.80. The van der Waals surface area contributed by atoms with E-state index in [9.17, 15) is 9.59 Å². The molecule has 1 amide bonds. The molecule has 0 unspecified atom stereocenters. The average Bonchev–Trinajstić information content (AvgIpc) is 2.49. The number of carbonyl (C=O) groups excluding carboxylic acids is 2. The van der Waals surface area contributed by atoms with Crippen LogP contribution in [-0.4, -0.2) is 18.5 Å². The van der Waals surface area contributed by atoms with Gasteiger partial charge in [0.15, 0.2) is 0 Å². The predicted molar refractivity (Wildman–Crippen MR) is 81.2 cm³/mol. The molecule has 0 aliphatic carbocycles. The van der Waals surface area contributed by atoms with Crippen molar-refractivity contribution in [3.05, 3.63) is 65.7 Å². The summed E-state index contributed by atoms with van der Waals surface area (Å²) >= 11 is 0. The van der Waals surface area contributed by atoms with E-state index in [-0.39, 0.29) is 11.9 Å². The molecular formula is C17H17NO3. The predicted octanol–water partition coefficient (Wildman–Crippen LogP) is 3.04. The summed E-state index contributed by atoms with van der Waals surface area (Å²) in [7, 11) is 0. The Morgan fingerprint density at radius 1 is 1.00 bits per heavy atom. The van der Waals surface area contributed by atoms with E-state index >= 15 is 0 Å². The Morgan fingerprint density at radius 2 is 1.67 bits per heavy atom. The molecular weight excluding hydrogens is 266 g/mol. The van der Waals surface area contributed by atoms with E-state index in [1.807, 2.05) is 30.3 Å². The van der Waals surface area contributed by atoms with Crippen molar-refractivity contribution in [3.8, 4) is 0 Å². The van der Waals surface area contributed by atoms with Crippen molar-refractivity contribution < 1.29 is 14.3 Å². The maximum absolute atomic E-state index is 11.9. The van der Waals surface area contributed by atoms with Crippen molar-refractivity contribution >= 4 is 17.6 Å². The maximum Gasteiger partial charge on any atom is 0.338 e. The van der Waals surface area contributed by atoms with Crippen LogP contribution >= 0.6 is 0 Å². The van der Waals surface area contributed by atoms with Crippen molar-refractivity contribution in [1.82, 2.24) is 0 Å². The van der Waals surface area contributed by atoms with E-state index in [0.717, 1.165) is 5.56 Å². The summed E-state index contributed by atoms with van der Waals surface area (Å²) in [6.07, 6.45) is 0.320. The number of esters is 1. The number of hydrogen-bond donors (Lipinski definition) is 1. The zero-order chi connectivity index (χ0) is 15.1. The van der Waals surface area contributed by atoms with Crippen LogP contribution in [-0.2, 0) is 16.0 Å². The molecule has 0 saturated carbocycles. The molecule has 4 heteroatoms. The summed E-state index contributed by atoms with van der Waals surface area (Å²) < 4.78 is 4.90. The number of amides is 1. The van der Waals surface area contributed by atoms with Crippen molar-refractivity contribution in [2.75, 3.05) is 11.9 Å². The number of nitrogens with one attached hydrogen (secondary N) is 1. The van der Waals surface area contributed by atoms with Crippen molar-refractivity contribution in [2.45, 2.75) is 13.3 Å². The number of ether oxygens (including phenoxy) is 1. The van der Waals surface area contributed by atoms with Crippen LogP contribution in [0.25, 0.3) is 0 Å². The number of rotatable bonds is 5. The second-order valence-corrected chi connectivity index (χ2v) is 4.51. The Hall–Kier alpha value is -2.62. The Morgan fingerprint density at radius 3 is 2.29 bits per heavy atom. The standard InChI is InChI=1S/C17H17NO3/c1-2-21-17(20)14-8-10-15(11-9-14)18-16(19)12-13-6-4-3-5-7-13/h3-11H,2,12H2,1H3,(H,18,19). The number of hydrogen-bond acceptors (Lipinski definition) is 3. The zero-order valence-corrected chi connectivity index (χ0v) is 11.8. The Balaban J connectivity index is 1.94. The first-order valence-electron chi connectivity index (χ1n) is 6.80. The fourth-order valence-electron chi connectivity index (χ4n) is 1.89. The molecule has 0 aliphatic heterocycles. The van der Waals surface area contributed by atoms with Gasteiger partial charge in [-0.3, -0.25) is 4.79 Å². The molecule has 0 heterocycles. The van der Waals surface area contributed by atoms with Gasteiger partial charge in [-0.2, -0.15) is 0 Å². The first kappa shape index (κ1) is 14.8. The fraction of sp³-hybridized carbons (Fsp3) is 0.176. The van der Waals surface area contributed by atoms with Gasteiger partial charge in [0.05, 0.1) is 18.6 Å². The summed E-state index contributed by atoms with van der Waals surface area (Å²) in [5.74, 6) is -0.454. The first-order chi connectivity index (χ1) is 10.2. The third-order valence-corrected chi connectivity index (χ3v) is 2.89. The van der Waals surface area contributed by atoms with Gasteiger partial charge in [0, 0.05) is 5.69 Å². The van der Waals surface area contributed by atoms with Crippen LogP contribution < -0.4 is 5.32 Å². The average molecular weight is 283 g/mol. The molecule has 0 spiro atoms. The van der Waals surface area contributed by atoms with E-state index in [2.05, 4.69) is 5.32 Å². The number of benzene rings is 2. The fourth-order valence-corrected chi connectivity index (χ4v) is 1.89. The third-order valence-electron chi connectivity index (χ3n) is 2.89. The van der Waals surface area contributed by atoms with E-state index in [1.54, 1.807) is 31.2 Å². The molecule has 0 atom stereocenters. The Kier molecular flexibility index (Phi) is 5.10. The van der Waals surface area contributed by atoms with Crippen LogP contribution in [0.5, 0.6) is 0 Å². The highest BCUT2D eigenvalue weighted by Gasteiger charge is 2.07. The van der Waals surface area contributed by atoms with Crippen molar-refractivity contribution in [1.29, 1.82) is 0 Å². The number of carbonyl (C=O) groups is 2. The van der Waals surface area contributed by atoms with Crippen LogP contribution in [0.1, 0.15) is 22.8 Å². The SMILES string of the molecule is CCOC(=O)c1ccc(NC(=O)Cc2ccccc2)cc1. The summed E-state index contributed by atoms with van der Waals surface area (Å²) in [6, 6.07) is 16.2. The normalized spacial score (nSPS) is 9.95. The maximum atomic E-state index is 11.9. The lowest BCUT2D eigenvalue weighted by Gasteiger charge is -2.06. The van der Waals surface area contributed by atoms with Gasteiger partial charge in [-0.1, -0.05) is 30.3 Å². The lowest BCUT2D eigenvalue weighted by molar-refractivity contribution is -0.115. The monoisotopic (exact) mass is 283 g/mol. The Labute approximate surface area is 123 Å². The molecule has 1 N–H and O–H groups in total. The van der Waals surface area contributed by atoms with Crippen LogP contribution in [0, 0.1) is 0 Å². The van der Waals surface area contributed by atoms with Gasteiger partial charge in [-0.15, -0.1) is 0 Å². The van der Waals surface area contributed by atoms with Gasteiger partial charge in [-0.25, -0.2) is 4.79 Å². The number of anilines is 1. The Bertz CT molecular complexity index is 606. The largest absolute Gasteiger partial charge is 0.462 e. The van der Waals surface area contributed by atoms with E-state index in [1.165, 1.54) is 0 Å². The van der Waals surface area contributed by atoms with Crippen LogP contribution in [0.3, 0.4) is 0 Å². The highest BCUT2D eigenvalue weighted by molar-refractivity contribution is 5.94. The molecule has 108 valence electrons. The molecule has 2 aromatic rings. The lowest BCUT2D eigenvalue weighted by atomic mass is 10.1. The molecule has 0 bridgehead atoms. The van der Waals surface area contributed by atoms with Gasteiger partial charge in [0.1, 0.15) is 0 Å². The molecule has 0 aliphatic rings. The minimum absolute atomic E-state index is 0.0925. The van der Waals surface area contributed by atoms with Crippen LogP contribution in [0.15, 0.2) is 54.6 Å². The smallest absolute Gasteiger partial charge is 0.338 e. The van der Waals surface area contributed by atoms with E-state index in [0.29, 0.717) is 24.3 Å². The molecule has 2 rings (SSSR count). The molecule has 0 fully saturated rings. The summed E-state index contributed by atoms with van der Waals surface area (Å²) in [5.41, 5.74) is 2.08. The summed E-state index contributed by atoms with van der Waals surface area (Å²) in [4.78, 5) is 23.4. The van der Waals surface area contributed by atoms with Crippen LogP contribution in [0.2, 0.25) is 0 Å². The zero-order valence-electron chi connectivity index (χ0n) is 11.8. The molecule has 0 aromatic heterocycles.